The van der Waals surface area contributed by atoms with Crippen molar-refractivity contribution in [1.29, 1.82) is 0 Å². The molecule has 166 valence electrons. The summed E-state index contributed by atoms with van der Waals surface area (Å²) in [6.07, 6.45) is -3.92. The van der Waals surface area contributed by atoms with Crippen molar-refractivity contribution in [2.45, 2.75) is 32.0 Å². The topological polar surface area (TPSA) is 67.6 Å². The highest BCUT2D eigenvalue weighted by molar-refractivity contribution is 7.80. The van der Waals surface area contributed by atoms with Gasteiger partial charge in [0.15, 0.2) is 0 Å². The van der Waals surface area contributed by atoms with E-state index in [2.05, 4.69) is 5.43 Å². The lowest BCUT2D eigenvalue weighted by molar-refractivity contribution is -0.143. The lowest BCUT2D eigenvalue weighted by Crippen LogP contribution is -2.61. The van der Waals surface area contributed by atoms with Gasteiger partial charge in [0.2, 0.25) is 5.91 Å². The molecule has 2 atom stereocenters. The zero-order valence-electron chi connectivity index (χ0n) is 17.2. The number of nitrogens with zero attached hydrogens (tertiary/aromatic N) is 1. The van der Waals surface area contributed by atoms with Crippen LogP contribution in [0, 0.1) is 5.92 Å². The first-order valence-electron chi connectivity index (χ1n) is 9.80. The van der Waals surface area contributed by atoms with E-state index >= 15 is 0 Å². The number of ether oxygens (including phenoxy) is 1. The van der Waals surface area contributed by atoms with Crippen molar-refractivity contribution in [2.75, 3.05) is 13.2 Å². The molecule has 0 fully saturated rings. The third-order valence-electron chi connectivity index (χ3n) is 5.63. The van der Waals surface area contributed by atoms with Gasteiger partial charge in [-0.3, -0.25) is 10.2 Å². The van der Waals surface area contributed by atoms with Crippen LogP contribution in [0.2, 0.25) is 0 Å². The molecule has 0 bridgehead atoms. The maximum absolute atomic E-state index is 13.1. The van der Waals surface area contributed by atoms with Crippen LogP contribution in [-0.2, 0) is 16.5 Å². The fourth-order valence-electron chi connectivity index (χ4n) is 3.98. The number of alkyl halides is 3. The minimum absolute atomic E-state index is 0.0120. The van der Waals surface area contributed by atoms with Gasteiger partial charge in [-0.05, 0) is 38.1 Å². The van der Waals surface area contributed by atoms with Crippen molar-refractivity contribution in [3.63, 3.8) is 0 Å². The molecule has 1 unspecified atom stereocenters. The Morgan fingerprint density at radius 3 is 2.65 bits per heavy atom. The highest BCUT2D eigenvalue weighted by Crippen LogP contribution is 2.45. The van der Waals surface area contributed by atoms with Gasteiger partial charge in [0.05, 0.1) is 17.7 Å². The number of nitrogens with two attached hydrogens (primary N) is 1. The number of para-hydroxylation sites is 1. The summed E-state index contributed by atoms with van der Waals surface area (Å²) in [6, 6.07) is 12.1. The first-order valence-corrected chi connectivity index (χ1v) is 10.2. The van der Waals surface area contributed by atoms with Gasteiger partial charge in [0.1, 0.15) is 10.7 Å². The quantitative estimate of drug-likeness (QED) is 0.543. The van der Waals surface area contributed by atoms with Crippen LogP contribution in [-0.4, -0.2) is 29.1 Å². The Morgan fingerprint density at radius 2 is 2.00 bits per heavy atom. The van der Waals surface area contributed by atoms with E-state index in [0.29, 0.717) is 25.3 Å². The molecule has 0 spiro atoms. The first-order chi connectivity index (χ1) is 14.6. The molecule has 3 N–H and O–H groups in total. The number of benzene rings is 2. The monoisotopic (exact) mass is 451 g/mol. The number of hydrogen-bond acceptors (Lipinski definition) is 4. The van der Waals surface area contributed by atoms with Crippen molar-refractivity contribution in [2.24, 2.45) is 11.7 Å². The standard InChI is InChI=1S/C22H24F3N3O2S/c1-14(29)28(27-20(31)15-6-5-7-16(12-15)22(23,24)25)21(2)17(10-11-26)13-30-19-9-4-3-8-18(19)21/h3-9,12,17H,10-11,13,26H2,1-2H3,(H,27,31)/t17-,21?/m0/s1. The largest absolute Gasteiger partial charge is 0.493 e. The highest BCUT2D eigenvalue weighted by Gasteiger charge is 2.48. The smallest absolute Gasteiger partial charge is 0.416 e. The van der Waals surface area contributed by atoms with Crippen LogP contribution in [0.15, 0.2) is 48.5 Å². The number of hydrogen-bond donors (Lipinski definition) is 2. The summed E-state index contributed by atoms with van der Waals surface area (Å²) in [6.45, 7) is 3.99. The Labute approximate surface area is 184 Å². The lowest BCUT2D eigenvalue weighted by atomic mass is 9.75. The number of hydrazine groups is 1. The molecule has 2 aromatic rings. The number of thiocarbonyl (C=S) groups is 1. The minimum Gasteiger partial charge on any atom is -0.493 e. The normalized spacial score (nSPS) is 20.4. The van der Waals surface area contributed by atoms with Crippen LogP contribution in [0.25, 0.3) is 0 Å². The van der Waals surface area contributed by atoms with Crippen LogP contribution >= 0.6 is 12.2 Å². The van der Waals surface area contributed by atoms with Gasteiger partial charge in [0.25, 0.3) is 0 Å². The SMILES string of the molecule is CC(=O)N(NC(=S)c1cccc(C(F)(F)F)c1)C1(C)c2ccccc2OC[C@@H]1CCN. The maximum Gasteiger partial charge on any atom is 0.416 e. The molecule has 0 aliphatic carbocycles. The van der Waals surface area contributed by atoms with E-state index in [-0.39, 0.29) is 22.4 Å². The van der Waals surface area contributed by atoms with Crippen LogP contribution in [0.4, 0.5) is 13.2 Å². The van der Waals surface area contributed by atoms with Gasteiger partial charge in [-0.15, -0.1) is 0 Å². The molecule has 1 aliphatic rings. The van der Waals surface area contributed by atoms with Crippen molar-refractivity contribution in [1.82, 2.24) is 10.4 Å². The first kappa shape index (κ1) is 23.0. The summed E-state index contributed by atoms with van der Waals surface area (Å²) in [7, 11) is 0. The van der Waals surface area contributed by atoms with Crippen molar-refractivity contribution < 1.29 is 22.7 Å². The average Bonchev–Trinajstić information content (AvgIpc) is 2.73. The van der Waals surface area contributed by atoms with Gasteiger partial charge < -0.3 is 10.5 Å². The third-order valence-corrected chi connectivity index (χ3v) is 5.95. The van der Waals surface area contributed by atoms with E-state index in [0.717, 1.165) is 17.7 Å². The lowest BCUT2D eigenvalue weighted by Gasteiger charge is -2.49. The molecule has 2 aromatic carbocycles. The fourth-order valence-corrected chi connectivity index (χ4v) is 4.19. The number of halogens is 3. The van der Waals surface area contributed by atoms with Gasteiger partial charge in [-0.1, -0.05) is 42.5 Å². The third kappa shape index (κ3) is 4.52. The summed E-state index contributed by atoms with van der Waals surface area (Å²) in [4.78, 5) is 12.8. The van der Waals surface area contributed by atoms with Crippen molar-refractivity contribution in [3.8, 4) is 5.75 Å². The second-order valence-electron chi connectivity index (χ2n) is 7.60. The average molecular weight is 452 g/mol. The summed E-state index contributed by atoms with van der Waals surface area (Å²) < 4.78 is 45.2. The molecule has 1 aliphatic heterocycles. The number of carbonyl (C=O) groups excluding carboxylic acids is 1. The summed E-state index contributed by atoms with van der Waals surface area (Å²) in [5.41, 5.74) is 7.96. The van der Waals surface area contributed by atoms with Gasteiger partial charge >= 0.3 is 6.18 Å². The van der Waals surface area contributed by atoms with Gasteiger partial charge in [0, 0.05) is 24.0 Å². The number of fused-ring (bicyclic) bond motifs is 1. The van der Waals surface area contributed by atoms with Crippen LogP contribution < -0.4 is 15.9 Å². The number of nitrogens with one attached hydrogen (secondary N) is 1. The predicted octanol–water partition coefficient (Wildman–Crippen LogP) is 4.01. The zero-order valence-corrected chi connectivity index (χ0v) is 18.0. The molecular formula is C22H24F3N3O2S. The molecule has 0 saturated heterocycles. The number of rotatable bonds is 4. The molecule has 0 aromatic heterocycles. The highest BCUT2D eigenvalue weighted by atomic mass is 32.1. The molecule has 9 heteroatoms. The summed E-state index contributed by atoms with van der Waals surface area (Å²) in [5, 5.41) is 1.39. The van der Waals surface area contributed by atoms with Crippen LogP contribution in [0.1, 0.15) is 37.0 Å². The van der Waals surface area contributed by atoms with Crippen molar-refractivity contribution >= 4 is 23.1 Å². The molecular weight excluding hydrogens is 427 g/mol. The molecule has 31 heavy (non-hydrogen) atoms. The Kier molecular flexibility index (Phi) is 6.56. The molecule has 0 radical (unpaired) electrons. The molecule has 1 amide bonds. The fraction of sp³-hybridized carbons (Fsp3) is 0.364. The van der Waals surface area contributed by atoms with Crippen molar-refractivity contribution in [3.05, 3.63) is 65.2 Å². The Hall–Kier alpha value is -2.65. The molecule has 3 rings (SSSR count). The maximum atomic E-state index is 13.1. The number of carbonyl (C=O) groups is 1. The zero-order chi connectivity index (χ0) is 22.8. The summed E-state index contributed by atoms with van der Waals surface area (Å²) in [5.74, 6) is 0.139. The summed E-state index contributed by atoms with van der Waals surface area (Å²) >= 11 is 5.39. The van der Waals surface area contributed by atoms with E-state index in [1.54, 1.807) is 0 Å². The van der Waals surface area contributed by atoms with Gasteiger partial charge in [-0.2, -0.15) is 13.2 Å². The minimum atomic E-state index is -4.50. The molecule has 0 saturated carbocycles. The Bertz CT molecular complexity index is 982. The molecule has 1 heterocycles. The van der Waals surface area contributed by atoms with Crippen LogP contribution in [0.5, 0.6) is 5.75 Å². The van der Waals surface area contributed by atoms with E-state index in [9.17, 15) is 18.0 Å². The second kappa shape index (κ2) is 8.84. The Balaban J connectivity index is 2.01. The Morgan fingerprint density at radius 1 is 1.29 bits per heavy atom. The van der Waals surface area contributed by atoms with E-state index < -0.39 is 17.3 Å². The van der Waals surface area contributed by atoms with Gasteiger partial charge in [-0.25, -0.2) is 5.01 Å². The number of amides is 1. The van der Waals surface area contributed by atoms with E-state index in [1.165, 1.54) is 24.1 Å². The van der Waals surface area contributed by atoms with E-state index in [4.69, 9.17) is 22.7 Å². The molecule has 5 nitrogen and oxygen atoms in total. The van der Waals surface area contributed by atoms with Crippen LogP contribution in [0.3, 0.4) is 0 Å². The van der Waals surface area contributed by atoms with E-state index in [1.807, 2.05) is 31.2 Å². The second-order valence-corrected chi connectivity index (χ2v) is 8.01. The predicted molar refractivity (Wildman–Crippen MR) is 115 cm³/mol.